The molecule has 1 aromatic heterocycles. The fourth-order valence-corrected chi connectivity index (χ4v) is 1.91. The van der Waals surface area contributed by atoms with Crippen LogP contribution in [0.5, 0.6) is 0 Å². The molecular formula is C15H17FN2O. The summed E-state index contributed by atoms with van der Waals surface area (Å²) in [6.45, 7) is 2.29. The van der Waals surface area contributed by atoms with Crippen LogP contribution in [0.3, 0.4) is 0 Å². The van der Waals surface area contributed by atoms with Gasteiger partial charge in [-0.25, -0.2) is 4.39 Å². The van der Waals surface area contributed by atoms with E-state index in [0.717, 1.165) is 5.56 Å². The van der Waals surface area contributed by atoms with Gasteiger partial charge >= 0.3 is 0 Å². The summed E-state index contributed by atoms with van der Waals surface area (Å²) in [4.78, 5) is 3.96. The number of nitrogens with one attached hydrogen (secondary N) is 1. The lowest BCUT2D eigenvalue weighted by atomic mass is 10.1. The van der Waals surface area contributed by atoms with E-state index < -0.39 is 6.10 Å². The van der Waals surface area contributed by atoms with E-state index >= 15 is 0 Å². The minimum absolute atomic E-state index is 0.0735. The van der Waals surface area contributed by atoms with Crippen LogP contribution in [0.2, 0.25) is 0 Å². The van der Waals surface area contributed by atoms with Crippen LogP contribution in [-0.4, -0.2) is 16.6 Å². The highest BCUT2D eigenvalue weighted by atomic mass is 19.1. The Hall–Kier alpha value is -1.78. The number of rotatable bonds is 5. The van der Waals surface area contributed by atoms with Gasteiger partial charge in [0.15, 0.2) is 0 Å². The zero-order chi connectivity index (χ0) is 13.7. The van der Waals surface area contributed by atoms with Crippen LogP contribution < -0.4 is 5.32 Å². The van der Waals surface area contributed by atoms with Crippen molar-refractivity contribution in [2.45, 2.75) is 19.1 Å². The zero-order valence-electron chi connectivity index (χ0n) is 10.8. The molecule has 100 valence electrons. The maximum Gasteiger partial charge on any atom is 0.129 e. The molecule has 2 rings (SSSR count). The Morgan fingerprint density at radius 1 is 1.21 bits per heavy atom. The number of halogens is 1. The standard InChI is InChI=1S/C15H17FN2O/c1-11(12-6-8-17-9-7-12)18-10-15(19)13-4-2-3-5-14(13)16/h2-9,11,15,18-19H,10H2,1H3/t11-,15?/m0/s1. The molecule has 0 fully saturated rings. The molecule has 0 aliphatic heterocycles. The van der Waals surface area contributed by atoms with Crippen LogP contribution >= 0.6 is 0 Å². The Kier molecular flexibility index (Phi) is 4.60. The van der Waals surface area contributed by atoms with Gasteiger partial charge in [0.25, 0.3) is 0 Å². The Morgan fingerprint density at radius 3 is 2.58 bits per heavy atom. The molecule has 2 N–H and O–H groups in total. The van der Waals surface area contributed by atoms with Gasteiger partial charge in [0, 0.05) is 30.5 Å². The Labute approximate surface area is 112 Å². The van der Waals surface area contributed by atoms with Crippen molar-refractivity contribution in [1.82, 2.24) is 10.3 Å². The van der Waals surface area contributed by atoms with Crippen molar-refractivity contribution in [2.24, 2.45) is 0 Å². The fraction of sp³-hybridized carbons (Fsp3) is 0.267. The first-order chi connectivity index (χ1) is 9.18. The minimum Gasteiger partial charge on any atom is -0.387 e. The third-order valence-electron chi connectivity index (χ3n) is 3.09. The molecule has 2 aromatic rings. The Balaban J connectivity index is 1.94. The van der Waals surface area contributed by atoms with E-state index in [4.69, 9.17) is 0 Å². The number of benzene rings is 1. The molecule has 19 heavy (non-hydrogen) atoms. The molecule has 0 saturated heterocycles. The number of nitrogens with zero attached hydrogens (tertiary/aromatic N) is 1. The summed E-state index contributed by atoms with van der Waals surface area (Å²) < 4.78 is 13.5. The van der Waals surface area contributed by atoms with E-state index in [9.17, 15) is 9.50 Å². The first kappa shape index (κ1) is 13.6. The smallest absolute Gasteiger partial charge is 0.129 e. The van der Waals surface area contributed by atoms with Gasteiger partial charge in [-0.1, -0.05) is 18.2 Å². The van der Waals surface area contributed by atoms with E-state index in [-0.39, 0.29) is 11.9 Å². The molecule has 0 spiro atoms. The predicted molar refractivity (Wildman–Crippen MR) is 72.0 cm³/mol. The van der Waals surface area contributed by atoms with E-state index in [0.29, 0.717) is 12.1 Å². The molecule has 0 aliphatic rings. The van der Waals surface area contributed by atoms with Crippen LogP contribution in [0.4, 0.5) is 4.39 Å². The van der Waals surface area contributed by atoms with Crippen molar-refractivity contribution in [3.63, 3.8) is 0 Å². The number of pyridine rings is 1. The van der Waals surface area contributed by atoms with E-state index in [1.165, 1.54) is 6.07 Å². The van der Waals surface area contributed by atoms with Gasteiger partial charge in [0.2, 0.25) is 0 Å². The summed E-state index contributed by atoms with van der Waals surface area (Å²) in [5.74, 6) is -0.381. The molecule has 3 nitrogen and oxygen atoms in total. The van der Waals surface area contributed by atoms with Crippen LogP contribution in [0.1, 0.15) is 30.2 Å². The van der Waals surface area contributed by atoms with Crippen molar-refractivity contribution < 1.29 is 9.50 Å². The maximum absolute atomic E-state index is 13.5. The van der Waals surface area contributed by atoms with Gasteiger partial charge in [-0.3, -0.25) is 4.98 Å². The first-order valence-corrected chi connectivity index (χ1v) is 6.24. The maximum atomic E-state index is 13.5. The molecule has 1 heterocycles. The molecule has 0 radical (unpaired) electrons. The average molecular weight is 260 g/mol. The number of hydrogen-bond donors (Lipinski definition) is 2. The van der Waals surface area contributed by atoms with Crippen LogP contribution in [0, 0.1) is 5.82 Å². The van der Waals surface area contributed by atoms with E-state index in [1.807, 2.05) is 19.1 Å². The summed E-state index contributed by atoms with van der Waals surface area (Å²) in [6, 6.07) is 10.2. The zero-order valence-corrected chi connectivity index (χ0v) is 10.8. The fourth-order valence-electron chi connectivity index (χ4n) is 1.91. The molecule has 4 heteroatoms. The molecular weight excluding hydrogens is 243 g/mol. The van der Waals surface area contributed by atoms with Gasteiger partial charge in [-0.15, -0.1) is 0 Å². The topological polar surface area (TPSA) is 45.1 Å². The summed E-state index contributed by atoms with van der Waals surface area (Å²) in [6.07, 6.45) is 2.59. The van der Waals surface area contributed by atoms with Crippen LogP contribution in [0.15, 0.2) is 48.8 Å². The molecule has 1 unspecified atom stereocenters. The Morgan fingerprint density at radius 2 is 1.89 bits per heavy atom. The van der Waals surface area contributed by atoms with Crippen LogP contribution in [-0.2, 0) is 0 Å². The second kappa shape index (κ2) is 6.41. The second-order valence-electron chi connectivity index (χ2n) is 4.45. The predicted octanol–water partition coefficient (Wildman–Crippen LogP) is 2.60. The number of hydrogen-bond acceptors (Lipinski definition) is 3. The number of aliphatic hydroxyl groups is 1. The normalized spacial score (nSPS) is 14.1. The van der Waals surface area contributed by atoms with Gasteiger partial charge in [-0.05, 0) is 30.7 Å². The van der Waals surface area contributed by atoms with Crippen molar-refractivity contribution >= 4 is 0 Å². The lowest BCUT2D eigenvalue weighted by Crippen LogP contribution is -2.25. The minimum atomic E-state index is -0.856. The summed E-state index contributed by atoms with van der Waals surface area (Å²) in [5, 5.41) is 13.2. The summed E-state index contributed by atoms with van der Waals surface area (Å²) >= 11 is 0. The SMILES string of the molecule is C[C@H](NCC(O)c1ccccc1F)c1ccncc1. The third kappa shape index (κ3) is 3.59. The van der Waals surface area contributed by atoms with Gasteiger partial charge in [0.1, 0.15) is 5.82 Å². The van der Waals surface area contributed by atoms with E-state index in [2.05, 4.69) is 10.3 Å². The lowest BCUT2D eigenvalue weighted by Gasteiger charge is -2.18. The molecule has 0 aliphatic carbocycles. The first-order valence-electron chi connectivity index (χ1n) is 6.24. The lowest BCUT2D eigenvalue weighted by molar-refractivity contribution is 0.166. The quantitative estimate of drug-likeness (QED) is 0.868. The molecule has 2 atom stereocenters. The summed E-state index contributed by atoms with van der Waals surface area (Å²) in [7, 11) is 0. The number of aromatic nitrogens is 1. The van der Waals surface area contributed by atoms with Crippen molar-refractivity contribution in [2.75, 3.05) is 6.54 Å². The average Bonchev–Trinajstić information content (AvgIpc) is 2.46. The molecule has 0 bridgehead atoms. The van der Waals surface area contributed by atoms with Gasteiger partial charge in [-0.2, -0.15) is 0 Å². The highest BCUT2D eigenvalue weighted by Crippen LogP contribution is 2.17. The van der Waals surface area contributed by atoms with Crippen molar-refractivity contribution in [1.29, 1.82) is 0 Å². The van der Waals surface area contributed by atoms with Crippen molar-refractivity contribution in [3.05, 3.63) is 65.7 Å². The van der Waals surface area contributed by atoms with Gasteiger partial charge < -0.3 is 10.4 Å². The van der Waals surface area contributed by atoms with Crippen LogP contribution in [0.25, 0.3) is 0 Å². The summed E-state index contributed by atoms with van der Waals surface area (Å²) in [5.41, 5.74) is 1.40. The molecule has 0 amide bonds. The largest absolute Gasteiger partial charge is 0.387 e. The molecule has 0 saturated carbocycles. The third-order valence-corrected chi connectivity index (χ3v) is 3.09. The monoisotopic (exact) mass is 260 g/mol. The highest BCUT2D eigenvalue weighted by Gasteiger charge is 2.13. The van der Waals surface area contributed by atoms with Gasteiger partial charge in [0.05, 0.1) is 6.10 Å². The van der Waals surface area contributed by atoms with Crippen molar-refractivity contribution in [3.8, 4) is 0 Å². The number of aliphatic hydroxyl groups excluding tert-OH is 1. The Bertz CT molecular complexity index is 519. The molecule has 1 aromatic carbocycles. The highest BCUT2D eigenvalue weighted by molar-refractivity contribution is 5.20. The second-order valence-corrected chi connectivity index (χ2v) is 4.45. The van der Waals surface area contributed by atoms with E-state index in [1.54, 1.807) is 30.6 Å².